The third-order valence-corrected chi connectivity index (χ3v) is 10.4. The van der Waals surface area contributed by atoms with E-state index in [9.17, 15) is 36.1 Å². The maximum absolute atomic E-state index is 15.8. The molecule has 0 saturated heterocycles. The summed E-state index contributed by atoms with van der Waals surface area (Å²) in [5.41, 5.74) is -2.25. The van der Waals surface area contributed by atoms with Crippen LogP contribution in [0.25, 0.3) is 21.3 Å². The van der Waals surface area contributed by atoms with Gasteiger partial charge in [0.25, 0.3) is 12.3 Å². The van der Waals surface area contributed by atoms with E-state index >= 15 is 4.39 Å². The van der Waals surface area contributed by atoms with Crippen LogP contribution in [0.15, 0.2) is 21.4 Å². The molecule has 1 saturated carbocycles. The zero-order valence-corrected chi connectivity index (χ0v) is 25.8. The summed E-state index contributed by atoms with van der Waals surface area (Å²) in [5.74, 6) is 0.654. The average molecular weight is 667 g/mol. The van der Waals surface area contributed by atoms with Crippen molar-refractivity contribution in [2.75, 3.05) is 0 Å². The number of halogens is 6. The fourth-order valence-corrected chi connectivity index (χ4v) is 7.69. The molecule has 4 rings (SSSR count). The predicted octanol–water partition coefficient (Wildman–Crippen LogP) is 7.24. The quantitative estimate of drug-likeness (QED) is 0.155. The van der Waals surface area contributed by atoms with Crippen LogP contribution in [0.2, 0.25) is 0 Å². The van der Waals surface area contributed by atoms with Crippen molar-refractivity contribution in [2.45, 2.75) is 89.3 Å². The number of hydrogen-bond donors (Lipinski definition) is 2. The Balaban J connectivity index is 1.80. The Morgan fingerprint density at radius 3 is 2.45 bits per heavy atom. The molecule has 1 unspecified atom stereocenters. The summed E-state index contributed by atoms with van der Waals surface area (Å²) in [6.07, 6.45) is -4.79. The van der Waals surface area contributed by atoms with Gasteiger partial charge in [0.2, 0.25) is 5.89 Å². The van der Waals surface area contributed by atoms with Gasteiger partial charge in [0.15, 0.2) is 5.01 Å². The molecule has 8 nitrogen and oxygen atoms in total. The lowest BCUT2D eigenvalue weighted by molar-refractivity contribution is -0.151. The molecule has 0 aliphatic heterocycles. The minimum absolute atomic E-state index is 0.0205. The summed E-state index contributed by atoms with van der Waals surface area (Å²) in [4.78, 5) is 15.4. The molecule has 242 valence electrons. The van der Waals surface area contributed by atoms with E-state index in [4.69, 9.17) is 4.42 Å². The molecule has 0 amide bonds. The number of hydrogen-bond acceptors (Lipinski definition) is 7. The van der Waals surface area contributed by atoms with Gasteiger partial charge in [0, 0.05) is 12.0 Å². The topological polar surface area (TPSA) is 118 Å². The van der Waals surface area contributed by atoms with Gasteiger partial charge in [-0.3, -0.25) is 4.79 Å². The highest BCUT2D eigenvalue weighted by Crippen LogP contribution is 2.44. The van der Waals surface area contributed by atoms with Crippen LogP contribution in [-0.2, 0) is 27.3 Å². The van der Waals surface area contributed by atoms with Crippen molar-refractivity contribution >= 4 is 32.9 Å². The van der Waals surface area contributed by atoms with Crippen molar-refractivity contribution in [3.63, 3.8) is 0 Å². The molecule has 1 aliphatic carbocycles. The first-order valence-electron chi connectivity index (χ1n) is 13.8. The molecule has 44 heavy (non-hydrogen) atoms. The molecule has 2 N–H and O–H groups in total. The number of carbonyl (C=O) groups is 1. The van der Waals surface area contributed by atoms with Crippen LogP contribution in [0.1, 0.15) is 76.4 Å². The first-order chi connectivity index (χ1) is 20.4. The largest absolute Gasteiger partial charge is 0.481 e. The van der Waals surface area contributed by atoms with Gasteiger partial charge in [-0.05, 0) is 44.5 Å². The van der Waals surface area contributed by atoms with Gasteiger partial charge in [0.05, 0.1) is 36.2 Å². The SMILES string of the molecule is C=S(=O)(N[C@@H](CC)C(F)(F)F)c1ccc(-c2sc(-c3nnc(CC(C)(C)C(=O)O)o3)nc2CC2CCCC2)c(C(F)F)c1F. The minimum Gasteiger partial charge on any atom is -0.481 e. The molecular formula is C28H32F6N4O4S2. The minimum atomic E-state index is -4.83. The van der Waals surface area contributed by atoms with Crippen LogP contribution in [0.5, 0.6) is 0 Å². The van der Waals surface area contributed by atoms with E-state index in [2.05, 4.69) is 21.1 Å². The Labute approximate surface area is 254 Å². The number of benzene rings is 1. The normalized spacial score (nSPS) is 16.9. The smallest absolute Gasteiger partial charge is 0.404 e. The Morgan fingerprint density at radius 2 is 1.89 bits per heavy atom. The van der Waals surface area contributed by atoms with Crippen molar-refractivity contribution in [2.24, 2.45) is 11.3 Å². The van der Waals surface area contributed by atoms with Crippen LogP contribution in [0, 0.1) is 17.2 Å². The van der Waals surface area contributed by atoms with Crippen LogP contribution in [0.3, 0.4) is 0 Å². The number of aliphatic carboxylic acids is 1. The van der Waals surface area contributed by atoms with Gasteiger partial charge in [-0.1, -0.05) is 38.7 Å². The van der Waals surface area contributed by atoms with Gasteiger partial charge in [-0.2, -0.15) is 13.2 Å². The van der Waals surface area contributed by atoms with Crippen molar-refractivity contribution in [1.29, 1.82) is 0 Å². The van der Waals surface area contributed by atoms with Crippen LogP contribution < -0.4 is 4.72 Å². The van der Waals surface area contributed by atoms with E-state index in [-0.39, 0.29) is 39.6 Å². The van der Waals surface area contributed by atoms with Crippen LogP contribution in [0.4, 0.5) is 26.3 Å². The molecule has 1 aliphatic rings. The van der Waals surface area contributed by atoms with E-state index in [1.54, 1.807) is 0 Å². The Kier molecular flexibility index (Phi) is 9.86. The van der Waals surface area contributed by atoms with E-state index in [1.807, 2.05) is 4.72 Å². The van der Waals surface area contributed by atoms with Crippen molar-refractivity contribution in [1.82, 2.24) is 19.9 Å². The van der Waals surface area contributed by atoms with Crippen molar-refractivity contribution in [3.05, 3.63) is 35.1 Å². The highest BCUT2D eigenvalue weighted by atomic mass is 32.2. The first kappa shape index (κ1) is 33.9. The second-order valence-corrected chi connectivity index (χ2v) is 14.5. The predicted molar refractivity (Wildman–Crippen MR) is 153 cm³/mol. The first-order valence-corrected chi connectivity index (χ1v) is 16.4. The average Bonchev–Trinajstić information content (AvgIpc) is 3.67. The second-order valence-electron chi connectivity index (χ2n) is 11.5. The molecular weight excluding hydrogens is 634 g/mol. The lowest BCUT2D eigenvalue weighted by atomic mass is 9.90. The summed E-state index contributed by atoms with van der Waals surface area (Å²) >= 11 is 0.883. The summed E-state index contributed by atoms with van der Waals surface area (Å²) in [5, 5.41) is 17.4. The second kappa shape index (κ2) is 12.8. The monoisotopic (exact) mass is 666 g/mol. The summed E-state index contributed by atoms with van der Waals surface area (Å²) < 4.78 is 105. The van der Waals surface area contributed by atoms with Crippen LogP contribution >= 0.6 is 11.3 Å². The molecule has 2 heterocycles. The standard InChI is InChI=1S/C28H32F6N4O4S2/c1-5-18(28(32,33)34)38-44(4,41)17-11-10-15(20(21(17)29)23(30)31)22-16(12-14-8-6-7-9-14)35-25(43-22)24-37-36-19(42-24)13-27(2,3)26(39)40/h10-11,14,18,23H,4-9,12-13H2,1-3H3,(H,38,41)(H,39,40)/t18-,44?/m0/s1. The highest BCUT2D eigenvalue weighted by Gasteiger charge is 2.40. The van der Waals surface area contributed by atoms with E-state index < -0.39 is 62.4 Å². The summed E-state index contributed by atoms with van der Waals surface area (Å²) in [6, 6.07) is -0.311. The van der Waals surface area contributed by atoms with Gasteiger partial charge in [0.1, 0.15) is 11.9 Å². The zero-order chi connectivity index (χ0) is 32.6. The number of nitrogens with one attached hydrogen (secondary N) is 1. The number of carboxylic acid groups (broad SMARTS) is 1. The van der Waals surface area contributed by atoms with Gasteiger partial charge >= 0.3 is 12.1 Å². The molecule has 1 fully saturated rings. The third kappa shape index (κ3) is 7.28. The van der Waals surface area contributed by atoms with E-state index in [1.165, 1.54) is 20.8 Å². The number of alkyl halides is 5. The maximum atomic E-state index is 15.8. The number of aromatic nitrogens is 3. The number of rotatable bonds is 12. The van der Waals surface area contributed by atoms with Gasteiger partial charge in [-0.15, -0.1) is 21.5 Å². The third-order valence-electron chi connectivity index (χ3n) is 7.57. The van der Waals surface area contributed by atoms with Crippen molar-refractivity contribution < 1.29 is 44.9 Å². The molecule has 0 bridgehead atoms. The number of thiazole rings is 1. The number of nitrogens with zero attached hydrogens (tertiary/aromatic N) is 3. The Morgan fingerprint density at radius 1 is 1.23 bits per heavy atom. The molecule has 16 heteroatoms. The molecule has 1 aromatic carbocycles. The fraction of sp³-hybridized carbons (Fsp3) is 0.536. The lowest BCUT2D eigenvalue weighted by Gasteiger charge is -2.24. The summed E-state index contributed by atoms with van der Waals surface area (Å²) in [7, 11) is -4.19. The van der Waals surface area contributed by atoms with E-state index in [0.29, 0.717) is 12.1 Å². The van der Waals surface area contributed by atoms with Crippen molar-refractivity contribution in [3.8, 4) is 21.3 Å². The molecule has 3 aromatic rings. The fourth-order valence-electron chi connectivity index (χ4n) is 5.06. The van der Waals surface area contributed by atoms with Crippen LogP contribution in [-0.4, -0.2) is 48.6 Å². The molecule has 2 aromatic heterocycles. The Bertz CT molecular complexity index is 1610. The van der Waals surface area contributed by atoms with Gasteiger partial charge < -0.3 is 9.52 Å². The summed E-state index contributed by atoms with van der Waals surface area (Å²) in [6.45, 7) is 4.14. The van der Waals surface area contributed by atoms with Gasteiger partial charge in [-0.25, -0.2) is 27.1 Å². The maximum Gasteiger partial charge on any atom is 0.404 e. The highest BCUT2D eigenvalue weighted by molar-refractivity contribution is 7.98. The molecule has 2 atom stereocenters. The zero-order valence-electron chi connectivity index (χ0n) is 24.1. The molecule has 0 spiro atoms. The lowest BCUT2D eigenvalue weighted by Crippen LogP contribution is -2.44. The number of carboxylic acids is 1. The molecule has 0 radical (unpaired) electrons. The Hall–Kier alpha value is -2.98. The van der Waals surface area contributed by atoms with E-state index in [0.717, 1.165) is 49.2 Å².